The summed E-state index contributed by atoms with van der Waals surface area (Å²) in [6.07, 6.45) is 3.68. The van der Waals surface area contributed by atoms with Gasteiger partial charge in [-0.1, -0.05) is 132 Å². The first-order valence-corrected chi connectivity index (χ1v) is 23.4. The van der Waals surface area contributed by atoms with Crippen LogP contribution in [-0.4, -0.2) is 81.1 Å². The Morgan fingerprint density at radius 3 is 2.14 bits per heavy atom. The summed E-state index contributed by atoms with van der Waals surface area (Å²) in [5.41, 5.74) is 4.15. The SMILES string of the molecule is CC[C@H](C)[C@H](CC(=O)[C@H]1CCCCN1C)C(=O)N(Cc1ccccc1)[C@H](C[C@@H](OC(C)=O)c1nc(C(=O)N[C@@H](Cc2ccc(-c3ccccc3)cc2)C[C@H](C)C(=O)O)cs1)C(C)C. The standard InChI is InChI=1S/C51H66N4O7S/c1-8-34(4)42(29-46(57)44-21-15-16-26-54(44)7)50(59)55(31-38-17-11-9-12-18-38)45(33(2)3)30-47(62-36(6)56)49-53-43(32-63-49)48(58)52-41(27-35(5)51(60)61)28-37-22-24-40(25-23-37)39-19-13-10-14-20-39/h9-14,17-20,22-25,32-35,41-42,44-45,47H,8,15-16,21,26-31H2,1-7H3,(H,52,58)(H,60,61)/t34-,35-,41+,42-,44+,45+,47+/m0/s1. The molecule has 2 amide bonds. The summed E-state index contributed by atoms with van der Waals surface area (Å²) >= 11 is 1.20. The molecule has 63 heavy (non-hydrogen) atoms. The molecule has 0 spiro atoms. The van der Waals surface area contributed by atoms with E-state index in [9.17, 15) is 24.3 Å². The van der Waals surface area contributed by atoms with Crippen molar-refractivity contribution in [2.75, 3.05) is 13.6 Å². The first kappa shape index (κ1) is 48.8. The first-order chi connectivity index (χ1) is 30.1. The maximum atomic E-state index is 15.1. The average Bonchev–Trinajstić information content (AvgIpc) is 3.77. The number of hydrogen-bond donors (Lipinski definition) is 2. The topological polar surface area (TPSA) is 146 Å². The van der Waals surface area contributed by atoms with Gasteiger partial charge in [0.1, 0.15) is 10.7 Å². The maximum Gasteiger partial charge on any atom is 0.306 e. The number of nitrogens with zero attached hydrogens (tertiary/aromatic N) is 3. The predicted molar refractivity (Wildman–Crippen MR) is 248 cm³/mol. The van der Waals surface area contributed by atoms with Crippen molar-refractivity contribution in [3.05, 3.63) is 112 Å². The van der Waals surface area contributed by atoms with Crippen molar-refractivity contribution >= 4 is 40.9 Å². The minimum atomic E-state index is -0.952. The van der Waals surface area contributed by atoms with Gasteiger partial charge in [-0.3, -0.25) is 28.9 Å². The molecule has 0 bridgehead atoms. The Morgan fingerprint density at radius 2 is 1.54 bits per heavy atom. The molecule has 5 rings (SSSR count). The van der Waals surface area contributed by atoms with Crippen LogP contribution in [-0.2, 0) is 36.9 Å². The number of nitrogens with one attached hydrogen (secondary N) is 1. The van der Waals surface area contributed by atoms with E-state index in [2.05, 4.69) is 17.1 Å². The van der Waals surface area contributed by atoms with Crippen LogP contribution in [0.3, 0.4) is 0 Å². The number of likely N-dealkylation sites (N-methyl/N-ethyl adjacent to an activating group) is 1. The second kappa shape index (κ2) is 23.5. The number of carboxylic acid groups (broad SMARTS) is 1. The molecule has 0 unspecified atom stereocenters. The summed E-state index contributed by atoms with van der Waals surface area (Å²) in [5, 5.41) is 14.9. The number of carbonyl (C=O) groups is 5. The summed E-state index contributed by atoms with van der Waals surface area (Å²) in [6.45, 7) is 12.3. The lowest BCUT2D eigenvalue weighted by Crippen LogP contribution is -2.49. The number of aromatic nitrogens is 1. The van der Waals surface area contributed by atoms with Gasteiger partial charge >= 0.3 is 11.9 Å². The van der Waals surface area contributed by atoms with Crippen LogP contribution in [0.25, 0.3) is 11.1 Å². The van der Waals surface area contributed by atoms with Crippen molar-refractivity contribution in [3.8, 4) is 11.1 Å². The van der Waals surface area contributed by atoms with Gasteiger partial charge in [-0.15, -0.1) is 11.3 Å². The number of piperidine rings is 1. The second-order valence-electron chi connectivity index (χ2n) is 17.7. The molecule has 3 aromatic carbocycles. The monoisotopic (exact) mass is 878 g/mol. The zero-order chi connectivity index (χ0) is 45.6. The summed E-state index contributed by atoms with van der Waals surface area (Å²) in [6, 6.07) is 26.7. The Labute approximate surface area is 377 Å². The Hall–Kier alpha value is -5.20. The fourth-order valence-corrected chi connectivity index (χ4v) is 9.49. The summed E-state index contributed by atoms with van der Waals surface area (Å²) in [4.78, 5) is 76.4. The molecule has 0 radical (unpaired) electrons. The third-order valence-electron chi connectivity index (χ3n) is 12.6. The van der Waals surface area contributed by atoms with E-state index in [-0.39, 0.29) is 54.5 Å². The van der Waals surface area contributed by atoms with E-state index in [1.165, 1.54) is 18.3 Å². The zero-order valence-electron chi connectivity index (χ0n) is 38.0. The Bertz CT molecular complexity index is 2110. The molecule has 1 aliphatic rings. The zero-order valence-corrected chi connectivity index (χ0v) is 38.8. The first-order valence-electron chi connectivity index (χ1n) is 22.5. The Morgan fingerprint density at radius 1 is 0.889 bits per heavy atom. The van der Waals surface area contributed by atoms with E-state index in [4.69, 9.17) is 9.72 Å². The van der Waals surface area contributed by atoms with Crippen molar-refractivity contribution < 1.29 is 33.8 Å². The lowest BCUT2D eigenvalue weighted by atomic mass is 9.82. The number of thiazole rings is 1. The predicted octanol–water partition coefficient (Wildman–Crippen LogP) is 9.42. The molecule has 2 N–H and O–H groups in total. The van der Waals surface area contributed by atoms with Gasteiger partial charge in [-0.25, -0.2) is 4.98 Å². The highest BCUT2D eigenvalue weighted by atomic mass is 32.1. The molecule has 4 aromatic rings. The van der Waals surface area contributed by atoms with Crippen LogP contribution in [0.15, 0.2) is 90.3 Å². The normalized spacial score (nSPS) is 17.2. The largest absolute Gasteiger partial charge is 0.481 e. The maximum absolute atomic E-state index is 15.1. The number of ether oxygens (including phenoxy) is 1. The highest BCUT2D eigenvalue weighted by molar-refractivity contribution is 7.09. The van der Waals surface area contributed by atoms with Crippen LogP contribution >= 0.6 is 11.3 Å². The van der Waals surface area contributed by atoms with Gasteiger partial charge in [0.05, 0.1) is 12.0 Å². The number of benzene rings is 3. The average molecular weight is 879 g/mol. The Balaban J connectivity index is 1.40. The highest BCUT2D eigenvalue weighted by Gasteiger charge is 2.39. The number of carbonyl (C=O) groups excluding carboxylic acids is 4. The summed E-state index contributed by atoms with van der Waals surface area (Å²) in [7, 11) is 1.99. The lowest BCUT2D eigenvalue weighted by Gasteiger charge is -2.40. The molecular formula is C51H66N4O7S. The van der Waals surface area contributed by atoms with Crippen molar-refractivity contribution in [1.29, 1.82) is 0 Å². The van der Waals surface area contributed by atoms with E-state index in [0.717, 1.165) is 54.5 Å². The molecule has 1 saturated heterocycles. The number of aliphatic carboxylic acids is 1. The van der Waals surface area contributed by atoms with Crippen LogP contribution in [0.2, 0.25) is 0 Å². The number of carboxylic acids is 1. The van der Waals surface area contributed by atoms with Gasteiger partial charge < -0.3 is 20.1 Å². The molecule has 1 aromatic heterocycles. The highest BCUT2D eigenvalue weighted by Crippen LogP contribution is 2.34. The minimum absolute atomic E-state index is 0.0540. The van der Waals surface area contributed by atoms with Gasteiger partial charge in [-0.05, 0) is 73.4 Å². The second-order valence-corrected chi connectivity index (χ2v) is 18.6. The van der Waals surface area contributed by atoms with Gasteiger partial charge in [0, 0.05) is 49.7 Å². The van der Waals surface area contributed by atoms with E-state index < -0.39 is 47.9 Å². The van der Waals surface area contributed by atoms with Crippen molar-refractivity contribution in [3.63, 3.8) is 0 Å². The fourth-order valence-electron chi connectivity index (χ4n) is 8.65. The van der Waals surface area contributed by atoms with Crippen molar-refractivity contribution in [2.24, 2.45) is 23.7 Å². The van der Waals surface area contributed by atoms with E-state index in [1.54, 1.807) is 12.3 Å². The van der Waals surface area contributed by atoms with Gasteiger partial charge in [0.25, 0.3) is 5.91 Å². The van der Waals surface area contributed by atoms with Crippen LogP contribution < -0.4 is 5.32 Å². The van der Waals surface area contributed by atoms with Gasteiger partial charge in [-0.2, -0.15) is 0 Å². The fraction of sp³-hybridized carbons (Fsp3) is 0.490. The number of ketones is 1. The number of Topliss-reactive ketones (excluding diaryl/α,β-unsaturated/α-hetero) is 1. The van der Waals surface area contributed by atoms with Crippen molar-refractivity contribution in [1.82, 2.24) is 20.1 Å². The molecule has 1 aliphatic heterocycles. The molecule has 338 valence electrons. The molecule has 11 nitrogen and oxygen atoms in total. The van der Waals surface area contributed by atoms with E-state index in [1.807, 2.05) is 118 Å². The Kier molecular flexibility index (Phi) is 18.2. The van der Waals surface area contributed by atoms with Crippen LogP contribution in [0, 0.1) is 23.7 Å². The number of rotatable bonds is 22. The lowest BCUT2D eigenvalue weighted by molar-refractivity contribution is -0.150. The number of esters is 1. The summed E-state index contributed by atoms with van der Waals surface area (Å²) < 4.78 is 5.97. The van der Waals surface area contributed by atoms with E-state index >= 15 is 4.79 Å². The summed E-state index contributed by atoms with van der Waals surface area (Å²) in [5.74, 6) is -3.33. The molecule has 12 heteroatoms. The number of likely N-dealkylation sites (tertiary alicyclic amines) is 1. The minimum Gasteiger partial charge on any atom is -0.481 e. The van der Waals surface area contributed by atoms with Gasteiger partial charge in [0.2, 0.25) is 5.91 Å². The van der Waals surface area contributed by atoms with Gasteiger partial charge in [0.15, 0.2) is 11.9 Å². The molecule has 0 saturated carbocycles. The smallest absolute Gasteiger partial charge is 0.306 e. The van der Waals surface area contributed by atoms with Crippen molar-refractivity contribution in [2.45, 2.75) is 124 Å². The number of amides is 2. The quantitative estimate of drug-likeness (QED) is 0.0738. The third kappa shape index (κ3) is 13.9. The van der Waals surface area contributed by atoms with Crippen LogP contribution in [0.1, 0.15) is 119 Å². The molecule has 2 heterocycles. The van der Waals surface area contributed by atoms with Crippen LogP contribution in [0.4, 0.5) is 0 Å². The molecule has 1 fully saturated rings. The number of hydrogen-bond acceptors (Lipinski definition) is 9. The molecule has 0 aliphatic carbocycles. The molecular weight excluding hydrogens is 813 g/mol. The van der Waals surface area contributed by atoms with Crippen LogP contribution in [0.5, 0.6) is 0 Å². The third-order valence-corrected chi connectivity index (χ3v) is 13.5. The molecule has 7 atom stereocenters. The van der Waals surface area contributed by atoms with E-state index in [0.29, 0.717) is 18.0 Å².